The second-order valence-corrected chi connectivity index (χ2v) is 5.74. The zero-order valence-electron chi connectivity index (χ0n) is 9.48. The van der Waals surface area contributed by atoms with Crippen LogP contribution in [-0.2, 0) is 6.42 Å². The molecular formula is C13H11BrClN3. The first-order valence-corrected chi connectivity index (χ1v) is 6.93. The Bertz CT molecular complexity index is 558. The lowest BCUT2D eigenvalue weighted by molar-refractivity contribution is 0.760. The fraction of sp³-hybridized carbons (Fsp3) is 0.231. The van der Waals surface area contributed by atoms with Gasteiger partial charge in [0.2, 0.25) is 5.95 Å². The summed E-state index contributed by atoms with van der Waals surface area (Å²) in [5.41, 5.74) is 2.54. The van der Waals surface area contributed by atoms with Crippen molar-refractivity contribution in [3.8, 4) is 0 Å². The van der Waals surface area contributed by atoms with Crippen molar-refractivity contribution in [3.63, 3.8) is 0 Å². The molecule has 1 aliphatic rings. The zero-order chi connectivity index (χ0) is 12.5. The summed E-state index contributed by atoms with van der Waals surface area (Å²) in [5.74, 6) is 0.602. The number of rotatable bonds is 2. The van der Waals surface area contributed by atoms with Crippen molar-refractivity contribution in [1.29, 1.82) is 0 Å². The van der Waals surface area contributed by atoms with E-state index in [9.17, 15) is 0 Å². The highest BCUT2D eigenvalue weighted by molar-refractivity contribution is 9.10. The van der Waals surface area contributed by atoms with Gasteiger partial charge in [0.15, 0.2) is 0 Å². The third kappa shape index (κ3) is 2.22. The molecule has 0 amide bonds. The standard InChI is InChI=1S/C13H11BrClN3/c14-9-6-16-13(17-7-9)18-12-10-4-2-1-3-8(10)5-11(12)15/h1-4,6-7,11-12H,5H2,(H,16,17,18). The molecule has 3 nitrogen and oxygen atoms in total. The Morgan fingerprint density at radius 3 is 2.72 bits per heavy atom. The lowest BCUT2D eigenvalue weighted by atomic mass is 10.1. The van der Waals surface area contributed by atoms with Crippen LogP contribution in [0.15, 0.2) is 41.1 Å². The molecule has 0 radical (unpaired) electrons. The Hall–Kier alpha value is -1.13. The number of aromatic nitrogens is 2. The minimum Gasteiger partial charge on any atom is -0.346 e. The molecule has 18 heavy (non-hydrogen) atoms. The molecule has 1 aliphatic carbocycles. The molecule has 1 N–H and O–H groups in total. The van der Waals surface area contributed by atoms with Gasteiger partial charge in [-0.2, -0.15) is 0 Å². The first-order chi connectivity index (χ1) is 8.74. The largest absolute Gasteiger partial charge is 0.346 e. The van der Waals surface area contributed by atoms with Crippen LogP contribution in [0.2, 0.25) is 0 Å². The summed E-state index contributed by atoms with van der Waals surface area (Å²) in [4.78, 5) is 8.44. The number of halogens is 2. The summed E-state index contributed by atoms with van der Waals surface area (Å²) in [5, 5.41) is 3.34. The maximum Gasteiger partial charge on any atom is 0.223 e. The Labute approximate surface area is 119 Å². The van der Waals surface area contributed by atoms with Crippen LogP contribution in [0.4, 0.5) is 5.95 Å². The Morgan fingerprint density at radius 2 is 1.94 bits per heavy atom. The predicted molar refractivity (Wildman–Crippen MR) is 75.9 cm³/mol. The minimum atomic E-state index is 0.0367. The van der Waals surface area contributed by atoms with Gasteiger partial charge in [-0.1, -0.05) is 24.3 Å². The van der Waals surface area contributed by atoms with Crippen molar-refractivity contribution in [2.75, 3.05) is 5.32 Å². The van der Waals surface area contributed by atoms with E-state index < -0.39 is 0 Å². The van der Waals surface area contributed by atoms with Gasteiger partial charge in [-0.25, -0.2) is 9.97 Å². The molecule has 1 aromatic heterocycles. The van der Waals surface area contributed by atoms with Crippen molar-refractivity contribution >= 4 is 33.5 Å². The molecule has 0 saturated heterocycles. The van der Waals surface area contributed by atoms with Crippen LogP contribution >= 0.6 is 27.5 Å². The van der Waals surface area contributed by atoms with E-state index in [1.165, 1.54) is 11.1 Å². The van der Waals surface area contributed by atoms with Gasteiger partial charge in [0.25, 0.3) is 0 Å². The topological polar surface area (TPSA) is 37.8 Å². The monoisotopic (exact) mass is 323 g/mol. The van der Waals surface area contributed by atoms with Gasteiger partial charge in [-0.3, -0.25) is 0 Å². The summed E-state index contributed by atoms with van der Waals surface area (Å²) >= 11 is 9.71. The molecule has 0 fully saturated rings. The molecule has 0 spiro atoms. The van der Waals surface area contributed by atoms with Crippen LogP contribution in [0.25, 0.3) is 0 Å². The SMILES string of the molecule is ClC1Cc2ccccc2C1Nc1ncc(Br)cn1. The molecule has 2 unspecified atom stereocenters. The highest BCUT2D eigenvalue weighted by atomic mass is 79.9. The summed E-state index contributed by atoms with van der Waals surface area (Å²) in [6.45, 7) is 0. The van der Waals surface area contributed by atoms with Crippen molar-refractivity contribution in [3.05, 3.63) is 52.3 Å². The Kier molecular flexibility index (Phi) is 3.22. The second kappa shape index (κ2) is 4.86. The molecule has 3 rings (SSSR count). The number of nitrogens with one attached hydrogen (secondary N) is 1. The number of fused-ring (bicyclic) bond motifs is 1. The lowest BCUT2D eigenvalue weighted by Gasteiger charge is -2.17. The van der Waals surface area contributed by atoms with Crippen molar-refractivity contribution in [2.45, 2.75) is 17.8 Å². The molecule has 2 aromatic rings. The summed E-state index contributed by atoms with van der Waals surface area (Å²) in [6.07, 6.45) is 4.32. The van der Waals surface area contributed by atoms with Gasteiger partial charge in [-0.15, -0.1) is 11.6 Å². The van der Waals surface area contributed by atoms with Gasteiger partial charge in [0.05, 0.1) is 15.9 Å². The molecule has 1 aromatic carbocycles. The number of hydrogen-bond donors (Lipinski definition) is 1. The van der Waals surface area contributed by atoms with E-state index in [0.717, 1.165) is 10.9 Å². The predicted octanol–water partition coefficient (Wildman–Crippen LogP) is 3.56. The van der Waals surface area contributed by atoms with Gasteiger partial charge >= 0.3 is 0 Å². The van der Waals surface area contributed by atoms with Crippen LogP contribution in [-0.4, -0.2) is 15.3 Å². The van der Waals surface area contributed by atoms with E-state index in [-0.39, 0.29) is 11.4 Å². The number of hydrogen-bond acceptors (Lipinski definition) is 3. The average molecular weight is 325 g/mol. The van der Waals surface area contributed by atoms with Crippen LogP contribution in [0.3, 0.4) is 0 Å². The molecule has 0 saturated carbocycles. The van der Waals surface area contributed by atoms with E-state index >= 15 is 0 Å². The minimum absolute atomic E-state index is 0.0367. The normalized spacial score (nSPS) is 21.7. The van der Waals surface area contributed by atoms with Crippen LogP contribution in [0.5, 0.6) is 0 Å². The van der Waals surface area contributed by atoms with Crippen LogP contribution in [0, 0.1) is 0 Å². The number of alkyl halides is 1. The van der Waals surface area contributed by atoms with Gasteiger partial charge in [0.1, 0.15) is 0 Å². The third-order valence-electron chi connectivity index (χ3n) is 3.07. The van der Waals surface area contributed by atoms with Gasteiger partial charge in [-0.05, 0) is 33.5 Å². The second-order valence-electron chi connectivity index (χ2n) is 4.27. The fourth-order valence-electron chi connectivity index (χ4n) is 2.24. The van der Waals surface area contributed by atoms with Crippen LogP contribution in [0.1, 0.15) is 17.2 Å². The maximum absolute atomic E-state index is 6.40. The highest BCUT2D eigenvalue weighted by Gasteiger charge is 2.31. The molecule has 0 bridgehead atoms. The van der Waals surface area contributed by atoms with E-state index in [2.05, 4.69) is 43.3 Å². The quantitative estimate of drug-likeness (QED) is 0.858. The smallest absolute Gasteiger partial charge is 0.223 e. The van der Waals surface area contributed by atoms with E-state index in [0.29, 0.717) is 5.95 Å². The third-order valence-corrected chi connectivity index (χ3v) is 3.89. The van der Waals surface area contributed by atoms with E-state index in [1.54, 1.807) is 12.4 Å². The highest BCUT2D eigenvalue weighted by Crippen LogP contribution is 2.36. The van der Waals surface area contributed by atoms with Crippen molar-refractivity contribution < 1.29 is 0 Å². The molecular weight excluding hydrogens is 314 g/mol. The number of nitrogens with zero attached hydrogens (tertiary/aromatic N) is 2. The summed E-state index contributed by atoms with van der Waals surface area (Å²) < 4.78 is 0.863. The van der Waals surface area contributed by atoms with Crippen molar-refractivity contribution in [2.24, 2.45) is 0 Å². The lowest BCUT2D eigenvalue weighted by Crippen LogP contribution is -2.18. The summed E-state index contributed by atoms with van der Waals surface area (Å²) in [7, 11) is 0. The summed E-state index contributed by atoms with van der Waals surface area (Å²) in [6, 6.07) is 8.37. The number of benzene rings is 1. The van der Waals surface area contributed by atoms with Crippen LogP contribution < -0.4 is 5.32 Å². The molecule has 1 heterocycles. The zero-order valence-corrected chi connectivity index (χ0v) is 11.8. The molecule has 92 valence electrons. The Morgan fingerprint density at radius 1 is 1.22 bits per heavy atom. The number of anilines is 1. The maximum atomic E-state index is 6.40. The van der Waals surface area contributed by atoms with E-state index in [1.807, 2.05) is 12.1 Å². The van der Waals surface area contributed by atoms with Crippen molar-refractivity contribution in [1.82, 2.24) is 9.97 Å². The average Bonchev–Trinajstić information content (AvgIpc) is 2.69. The first-order valence-electron chi connectivity index (χ1n) is 5.70. The molecule has 0 aliphatic heterocycles. The first kappa shape index (κ1) is 11.9. The molecule has 2 atom stereocenters. The van der Waals surface area contributed by atoms with E-state index in [4.69, 9.17) is 11.6 Å². The van der Waals surface area contributed by atoms with Gasteiger partial charge < -0.3 is 5.32 Å². The Balaban J connectivity index is 1.87. The molecule has 5 heteroatoms. The fourth-order valence-corrected chi connectivity index (χ4v) is 2.81. The van der Waals surface area contributed by atoms with Gasteiger partial charge in [0, 0.05) is 12.4 Å².